The average molecular weight is 330 g/mol. The van der Waals surface area contributed by atoms with Gasteiger partial charge in [-0.25, -0.2) is 0 Å². The van der Waals surface area contributed by atoms with E-state index in [2.05, 4.69) is 82.3 Å². The molecule has 0 saturated heterocycles. The lowest BCUT2D eigenvalue weighted by Gasteiger charge is -2.33. The van der Waals surface area contributed by atoms with Gasteiger partial charge in [-0.3, -0.25) is 0 Å². The van der Waals surface area contributed by atoms with Crippen molar-refractivity contribution in [3.05, 3.63) is 101 Å². The molecule has 0 saturated carbocycles. The first kappa shape index (κ1) is 17.3. The summed E-state index contributed by atoms with van der Waals surface area (Å²) >= 11 is 0. The maximum Gasteiger partial charge on any atom is 0.120 e. The van der Waals surface area contributed by atoms with E-state index >= 15 is 0 Å². The maximum atomic E-state index is 10.8. The highest BCUT2D eigenvalue weighted by Gasteiger charge is 2.34. The molecule has 0 aliphatic rings. The molecular weight excluding hydrogens is 304 g/mol. The maximum absolute atomic E-state index is 10.8. The van der Waals surface area contributed by atoms with E-state index in [1.807, 2.05) is 24.3 Å². The average Bonchev–Trinajstić information content (AvgIpc) is 2.62. The Morgan fingerprint density at radius 1 is 0.600 bits per heavy atom. The SMILES string of the molecule is CC(C)(C)c1ccc(O)c(C(C)(c2ccccc2)c2ccccc2)c1. The fraction of sp³-hybridized carbons (Fsp3) is 0.250. The van der Waals surface area contributed by atoms with E-state index in [4.69, 9.17) is 0 Å². The van der Waals surface area contributed by atoms with Crippen LogP contribution in [0.1, 0.15) is 49.9 Å². The second kappa shape index (κ2) is 6.40. The first-order valence-corrected chi connectivity index (χ1v) is 8.78. The van der Waals surface area contributed by atoms with Crippen molar-refractivity contribution in [3.63, 3.8) is 0 Å². The van der Waals surface area contributed by atoms with Crippen molar-refractivity contribution >= 4 is 0 Å². The van der Waals surface area contributed by atoms with Crippen LogP contribution in [0.3, 0.4) is 0 Å². The van der Waals surface area contributed by atoms with Gasteiger partial charge in [-0.05, 0) is 35.1 Å². The van der Waals surface area contributed by atoms with Crippen molar-refractivity contribution in [3.8, 4) is 5.75 Å². The fourth-order valence-electron chi connectivity index (χ4n) is 3.42. The van der Waals surface area contributed by atoms with Crippen molar-refractivity contribution in [1.29, 1.82) is 0 Å². The number of rotatable bonds is 3. The minimum Gasteiger partial charge on any atom is -0.508 e. The van der Waals surface area contributed by atoms with E-state index in [1.54, 1.807) is 0 Å². The number of hydrogen-bond donors (Lipinski definition) is 1. The van der Waals surface area contributed by atoms with Crippen molar-refractivity contribution in [2.24, 2.45) is 0 Å². The summed E-state index contributed by atoms with van der Waals surface area (Å²) in [7, 11) is 0. The van der Waals surface area contributed by atoms with Crippen molar-refractivity contribution < 1.29 is 5.11 Å². The van der Waals surface area contributed by atoms with Crippen molar-refractivity contribution in [1.82, 2.24) is 0 Å². The minimum atomic E-state index is -0.423. The van der Waals surface area contributed by atoms with Gasteiger partial charge in [-0.1, -0.05) is 93.6 Å². The Kier molecular flexibility index (Phi) is 4.43. The highest BCUT2D eigenvalue weighted by Crippen LogP contribution is 2.43. The molecule has 1 heteroatoms. The summed E-state index contributed by atoms with van der Waals surface area (Å²) in [6.07, 6.45) is 0. The summed E-state index contributed by atoms with van der Waals surface area (Å²) in [5.74, 6) is 0.336. The van der Waals surface area contributed by atoms with E-state index < -0.39 is 5.41 Å². The third kappa shape index (κ3) is 3.19. The lowest BCUT2D eigenvalue weighted by atomic mass is 9.69. The quantitative estimate of drug-likeness (QED) is 0.580. The number of benzene rings is 3. The normalized spacial score (nSPS) is 12.2. The van der Waals surface area contributed by atoms with Crippen LogP contribution < -0.4 is 0 Å². The van der Waals surface area contributed by atoms with Gasteiger partial charge in [0.15, 0.2) is 0 Å². The number of aromatic hydroxyl groups is 1. The zero-order chi connectivity index (χ0) is 18.1. The molecule has 0 radical (unpaired) electrons. The van der Waals surface area contributed by atoms with Crippen LogP contribution >= 0.6 is 0 Å². The van der Waals surface area contributed by atoms with E-state index in [9.17, 15) is 5.11 Å². The molecule has 0 unspecified atom stereocenters. The molecule has 0 spiro atoms. The Labute approximate surface area is 151 Å². The fourth-order valence-corrected chi connectivity index (χ4v) is 3.42. The van der Waals surface area contributed by atoms with E-state index in [-0.39, 0.29) is 5.41 Å². The van der Waals surface area contributed by atoms with Crippen molar-refractivity contribution in [2.45, 2.75) is 38.5 Å². The molecule has 0 amide bonds. The molecule has 0 aliphatic heterocycles. The van der Waals surface area contributed by atoms with Gasteiger partial charge >= 0.3 is 0 Å². The third-order valence-electron chi connectivity index (χ3n) is 5.10. The van der Waals surface area contributed by atoms with Gasteiger partial charge in [-0.15, -0.1) is 0 Å². The third-order valence-corrected chi connectivity index (χ3v) is 5.10. The molecule has 0 bridgehead atoms. The Hall–Kier alpha value is -2.54. The Morgan fingerprint density at radius 3 is 1.52 bits per heavy atom. The van der Waals surface area contributed by atoms with Gasteiger partial charge < -0.3 is 5.11 Å². The van der Waals surface area contributed by atoms with Crippen LogP contribution in [0.25, 0.3) is 0 Å². The molecule has 128 valence electrons. The molecule has 0 heterocycles. The summed E-state index contributed by atoms with van der Waals surface area (Å²) in [5, 5.41) is 10.8. The largest absolute Gasteiger partial charge is 0.508 e. The topological polar surface area (TPSA) is 20.2 Å². The first-order valence-electron chi connectivity index (χ1n) is 8.78. The minimum absolute atomic E-state index is 0.0245. The predicted molar refractivity (Wildman–Crippen MR) is 105 cm³/mol. The summed E-state index contributed by atoms with van der Waals surface area (Å²) in [4.78, 5) is 0. The van der Waals surface area contributed by atoms with Gasteiger partial charge in [0.1, 0.15) is 5.75 Å². The van der Waals surface area contributed by atoms with Gasteiger partial charge in [0, 0.05) is 11.0 Å². The van der Waals surface area contributed by atoms with Crippen LogP contribution in [0.15, 0.2) is 78.9 Å². The summed E-state index contributed by atoms with van der Waals surface area (Å²) in [6.45, 7) is 8.79. The lowest BCUT2D eigenvalue weighted by molar-refractivity contribution is 0.455. The van der Waals surface area contributed by atoms with E-state index in [0.29, 0.717) is 5.75 Å². The van der Waals surface area contributed by atoms with Crippen LogP contribution in [0.5, 0.6) is 5.75 Å². The van der Waals surface area contributed by atoms with E-state index in [1.165, 1.54) is 16.7 Å². The number of phenolic OH excluding ortho intramolecular Hbond substituents is 1. The second-order valence-corrected chi connectivity index (χ2v) is 7.84. The molecule has 3 rings (SSSR count). The lowest BCUT2D eigenvalue weighted by Crippen LogP contribution is -2.26. The highest BCUT2D eigenvalue weighted by molar-refractivity contribution is 5.55. The number of hydrogen-bond acceptors (Lipinski definition) is 1. The zero-order valence-electron chi connectivity index (χ0n) is 15.5. The molecule has 0 aromatic heterocycles. The molecule has 3 aromatic carbocycles. The monoisotopic (exact) mass is 330 g/mol. The Bertz CT molecular complexity index is 803. The number of phenols is 1. The summed E-state index contributed by atoms with van der Waals surface area (Å²) < 4.78 is 0. The zero-order valence-corrected chi connectivity index (χ0v) is 15.5. The summed E-state index contributed by atoms with van der Waals surface area (Å²) in [5.41, 5.74) is 4.10. The first-order chi connectivity index (χ1) is 11.8. The van der Waals surface area contributed by atoms with Crippen LogP contribution in [0.4, 0.5) is 0 Å². The van der Waals surface area contributed by atoms with Gasteiger partial charge in [-0.2, -0.15) is 0 Å². The smallest absolute Gasteiger partial charge is 0.120 e. The van der Waals surface area contributed by atoms with Gasteiger partial charge in [0.25, 0.3) is 0 Å². The standard InChI is InChI=1S/C24H26O/c1-23(2,3)20-15-16-22(25)21(17-20)24(4,18-11-7-5-8-12-18)19-13-9-6-10-14-19/h5-17,25H,1-4H3. The Balaban J connectivity index is 2.31. The molecule has 1 N–H and O–H groups in total. The molecule has 25 heavy (non-hydrogen) atoms. The van der Waals surface area contributed by atoms with Crippen LogP contribution in [-0.4, -0.2) is 5.11 Å². The predicted octanol–water partition coefficient (Wildman–Crippen LogP) is 6.04. The molecule has 0 aliphatic carbocycles. The van der Waals surface area contributed by atoms with Gasteiger partial charge in [0.05, 0.1) is 0 Å². The van der Waals surface area contributed by atoms with Crippen molar-refractivity contribution in [2.75, 3.05) is 0 Å². The van der Waals surface area contributed by atoms with E-state index in [0.717, 1.165) is 5.56 Å². The molecule has 1 nitrogen and oxygen atoms in total. The van der Waals surface area contributed by atoms with Crippen LogP contribution in [0.2, 0.25) is 0 Å². The second-order valence-electron chi connectivity index (χ2n) is 7.84. The molecule has 0 atom stereocenters. The van der Waals surface area contributed by atoms with Crippen LogP contribution in [-0.2, 0) is 10.8 Å². The highest BCUT2D eigenvalue weighted by atomic mass is 16.3. The summed E-state index contributed by atoms with van der Waals surface area (Å²) in [6, 6.07) is 26.8. The molecule has 3 aromatic rings. The Morgan fingerprint density at radius 2 is 1.08 bits per heavy atom. The van der Waals surface area contributed by atoms with Crippen LogP contribution in [0, 0.1) is 0 Å². The molecular formula is C24H26O. The molecule has 0 fully saturated rings. The van der Waals surface area contributed by atoms with Gasteiger partial charge in [0.2, 0.25) is 0 Å².